The lowest BCUT2D eigenvalue weighted by Gasteiger charge is -2.00. The summed E-state index contributed by atoms with van der Waals surface area (Å²) < 4.78 is 12.7. The molecule has 0 atom stereocenters. The molecule has 17 heavy (non-hydrogen) atoms. The first kappa shape index (κ1) is 11.3. The van der Waals surface area contributed by atoms with Gasteiger partial charge in [0, 0.05) is 11.9 Å². The number of nitrogen functional groups attached to an aromatic ring is 1. The Balaban J connectivity index is 2.20. The predicted molar refractivity (Wildman–Crippen MR) is 69.2 cm³/mol. The van der Waals surface area contributed by atoms with Crippen molar-refractivity contribution in [3.8, 4) is 0 Å². The first-order valence-electron chi connectivity index (χ1n) is 5.31. The predicted octanol–water partition coefficient (Wildman–Crippen LogP) is 3.47. The van der Waals surface area contributed by atoms with Crippen LogP contribution in [0, 0.1) is 12.7 Å². The van der Waals surface area contributed by atoms with Crippen molar-refractivity contribution >= 4 is 17.6 Å². The van der Waals surface area contributed by atoms with Gasteiger partial charge in [0.2, 0.25) is 0 Å². The van der Waals surface area contributed by atoms with Crippen molar-refractivity contribution in [3.63, 3.8) is 0 Å². The molecule has 2 aromatic rings. The quantitative estimate of drug-likeness (QED) is 0.620. The van der Waals surface area contributed by atoms with E-state index in [1.807, 2.05) is 25.1 Å². The molecule has 0 heterocycles. The third-order valence-corrected chi connectivity index (χ3v) is 2.49. The van der Waals surface area contributed by atoms with Gasteiger partial charge in [-0.05, 0) is 48.4 Å². The molecule has 2 aromatic carbocycles. The summed E-state index contributed by atoms with van der Waals surface area (Å²) in [4.78, 5) is 4.31. The second-order valence-electron chi connectivity index (χ2n) is 3.85. The molecule has 0 aliphatic carbocycles. The molecule has 3 heteroatoms. The zero-order valence-corrected chi connectivity index (χ0v) is 9.52. The highest BCUT2D eigenvalue weighted by Gasteiger charge is 1.94. The van der Waals surface area contributed by atoms with E-state index >= 15 is 0 Å². The van der Waals surface area contributed by atoms with Crippen molar-refractivity contribution in [2.75, 3.05) is 5.73 Å². The Morgan fingerprint density at radius 3 is 2.47 bits per heavy atom. The Labute approximate surface area is 99.6 Å². The second kappa shape index (κ2) is 4.78. The van der Waals surface area contributed by atoms with Crippen LogP contribution in [0.1, 0.15) is 11.1 Å². The molecule has 0 amide bonds. The number of rotatable bonds is 2. The summed E-state index contributed by atoms with van der Waals surface area (Å²) in [6, 6.07) is 11.8. The summed E-state index contributed by atoms with van der Waals surface area (Å²) in [6.07, 6.45) is 1.70. The summed E-state index contributed by atoms with van der Waals surface area (Å²) in [5.41, 5.74) is 9.17. The fraction of sp³-hybridized carbons (Fsp3) is 0.0714. The molecule has 86 valence electrons. The molecule has 0 aliphatic heterocycles. The largest absolute Gasteiger partial charge is 0.399 e. The summed E-state index contributed by atoms with van der Waals surface area (Å²) in [6.45, 7) is 1.94. The number of hydrogen-bond acceptors (Lipinski definition) is 2. The number of hydrogen-bond donors (Lipinski definition) is 1. The van der Waals surface area contributed by atoms with Crippen LogP contribution in [-0.2, 0) is 0 Å². The van der Waals surface area contributed by atoms with Gasteiger partial charge in [-0.15, -0.1) is 0 Å². The van der Waals surface area contributed by atoms with E-state index < -0.39 is 0 Å². The van der Waals surface area contributed by atoms with Gasteiger partial charge in [0.1, 0.15) is 5.82 Å². The Hall–Kier alpha value is -2.16. The molecule has 0 unspecified atom stereocenters. The molecule has 0 saturated carbocycles. The van der Waals surface area contributed by atoms with E-state index in [-0.39, 0.29) is 5.82 Å². The van der Waals surface area contributed by atoms with Crippen molar-refractivity contribution in [2.45, 2.75) is 6.92 Å². The zero-order valence-electron chi connectivity index (χ0n) is 9.52. The van der Waals surface area contributed by atoms with Crippen LogP contribution in [0.2, 0.25) is 0 Å². The SMILES string of the molecule is Cc1cc(/N=C/c2ccc(F)cc2)ccc1N. The number of anilines is 1. The van der Waals surface area contributed by atoms with Gasteiger partial charge in [0.05, 0.1) is 5.69 Å². The van der Waals surface area contributed by atoms with Gasteiger partial charge in [-0.3, -0.25) is 4.99 Å². The van der Waals surface area contributed by atoms with Crippen LogP contribution in [0.15, 0.2) is 47.5 Å². The van der Waals surface area contributed by atoms with E-state index in [2.05, 4.69) is 4.99 Å². The average Bonchev–Trinajstić information content (AvgIpc) is 2.33. The number of benzene rings is 2. The van der Waals surface area contributed by atoms with E-state index in [0.29, 0.717) is 0 Å². The minimum absolute atomic E-state index is 0.245. The molecule has 0 saturated heterocycles. The molecule has 2 N–H and O–H groups in total. The molecule has 0 spiro atoms. The second-order valence-corrected chi connectivity index (χ2v) is 3.85. The highest BCUT2D eigenvalue weighted by Crippen LogP contribution is 2.19. The van der Waals surface area contributed by atoms with Crippen LogP contribution in [0.25, 0.3) is 0 Å². The monoisotopic (exact) mass is 228 g/mol. The summed E-state index contributed by atoms with van der Waals surface area (Å²) in [5, 5.41) is 0. The van der Waals surface area contributed by atoms with Crippen molar-refractivity contribution in [1.82, 2.24) is 0 Å². The number of halogens is 1. The van der Waals surface area contributed by atoms with Crippen molar-refractivity contribution in [3.05, 3.63) is 59.4 Å². The molecule has 0 aliphatic rings. The first-order chi connectivity index (χ1) is 8.15. The van der Waals surface area contributed by atoms with Gasteiger partial charge >= 0.3 is 0 Å². The molecule has 2 nitrogen and oxygen atoms in total. The topological polar surface area (TPSA) is 38.4 Å². The van der Waals surface area contributed by atoms with E-state index in [1.165, 1.54) is 12.1 Å². The minimum Gasteiger partial charge on any atom is -0.399 e. The third kappa shape index (κ3) is 2.91. The van der Waals surface area contributed by atoms with Crippen LogP contribution >= 0.6 is 0 Å². The normalized spacial score (nSPS) is 10.9. The summed E-state index contributed by atoms with van der Waals surface area (Å²) in [5.74, 6) is -0.245. The molecule has 0 radical (unpaired) electrons. The highest BCUT2D eigenvalue weighted by atomic mass is 19.1. The molecular weight excluding hydrogens is 215 g/mol. The van der Waals surface area contributed by atoms with Crippen LogP contribution in [0.3, 0.4) is 0 Å². The molecule has 0 fully saturated rings. The van der Waals surface area contributed by atoms with E-state index in [4.69, 9.17) is 5.73 Å². The average molecular weight is 228 g/mol. The summed E-state index contributed by atoms with van der Waals surface area (Å²) in [7, 11) is 0. The van der Waals surface area contributed by atoms with Gasteiger partial charge in [0.15, 0.2) is 0 Å². The van der Waals surface area contributed by atoms with E-state index in [0.717, 1.165) is 22.5 Å². The maximum Gasteiger partial charge on any atom is 0.123 e. The van der Waals surface area contributed by atoms with Crippen molar-refractivity contribution in [2.24, 2.45) is 4.99 Å². The fourth-order valence-electron chi connectivity index (χ4n) is 1.44. The molecule has 2 rings (SSSR count). The number of nitrogens with two attached hydrogens (primary N) is 1. The highest BCUT2D eigenvalue weighted by molar-refractivity contribution is 5.82. The van der Waals surface area contributed by atoms with Gasteiger partial charge in [0.25, 0.3) is 0 Å². The van der Waals surface area contributed by atoms with Gasteiger partial charge < -0.3 is 5.73 Å². The van der Waals surface area contributed by atoms with Crippen LogP contribution in [0.4, 0.5) is 15.8 Å². The van der Waals surface area contributed by atoms with Crippen LogP contribution in [-0.4, -0.2) is 6.21 Å². The lowest BCUT2D eigenvalue weighted by atomic mass is 10.2. The third-order valence-electron chi connectivity index (χ3n) is 2.49. The standard InChI is InChI=1S/C14H13FN2/c1-10-8-13(6-7-14(10)16)17-9-11-2-4-12(15)5-3-11/h2-9H,16H2,1H3/b17-9+. The van der Waals surface area contributed by atoms with Crippen LogP contribution < -0.4 is 5.73 Å². The van der Waals surface area contributed by atoms with Gasteiger partial charge in [-0.1, -0.05) is 12.1 Å². The van der Waals surface area contributed by atoms with E-state index in [9.17, 15) is 4.39 Å². The Morgan fingerprint density at radius 2 is 1.82 bits per heavy atom. The maximum atomic E-state index is 12.7. The Morgan fingerprint density at radius 1 is 1.12 bits per heavy atom. The summed E-state index contributed by atoms with van der Waals surface area (Å²) >= 11 is 0. The zero-order chi connectivity index (χ0) is 12.3. The van der Waals surface area contributed by atoms with Gasteiger partial charge in [-0.25, -0.2) is 4.39 Å². The van der Waals surface area contributed by atoms with Crippen molar-refractivity contribution < 1.29 is 4.39 Å². The molecular formula is C14H13FN2. The van der Waals surface area contributed by atoms with Crippen molar-refractivity contribution in [1.29, 1.82) is 0 Å². The lowest BCUT2D eigenvalue weighted by Crippen LogP contribution is -1.87. The molecule has 0 bridgehead atoms. The van der Waals surface area contributed by atoms with Gasteiger partial charge in [-0.2, -0.15) is 0 Å². The smallest absolute Gasteiger partial charge is 0.123 e. The number of aryl methyl sites for hydroxylation is 1. The van der Waals surface area contributed by atoms with Crippen LogP contribution in [0.5, 0.6) is 0 Å². The Bertz CT molecular complexity index is 545. The fourth-order valence-corrected chi connectivity index (χ4v) is 1.44. The maximum absolute atomic E-state index is 12.7. The molecule has 0 aromatic heterocycles. The number of aliphatic imine (C=N–C) groups is 1. The Kier molecular flexibility index (Phi) is 3.19. The number of nitrogens with zero attached hydrogens (tertiary/aromatic N) is 1. The van der Waals surface area contributed by atoms with E-state index in [1.54, 1.807) is 18.3 Å². The first-order valence-corrected chi connectivity index (χ1v) is 5.31. The minimum atomic E-state index is -0.245. The lowest BCUT2D eigenvalue weighted by molar-refractivity contribution is 0.628.